The highest BCUT2D eigenvalue weighted by atomic mass is 32.1. The number of piperidine rings is 1. The average Bonchev–Trinajstić information content (AvgIpc) is 2.84. The van der Waals surface area contributed by atoms with Crippen molar-refractivity contribution in [3.05, 3.63) is 16.1 Å². The standard InChI is InChI=1S/C14H22N4O2S/c1-10-9-21-13(17-10)2-5-16-14(20)11-3-6-18(7-4-11)8-12(15)19/h9,11H,2-8H2,1H3,(H2,15,19)(H,16,20). The molecule has 2 amide bonds. The number of hydrogen-bond acceptors (Lipinski definition) is 5. The van der Waals surface area contributed by atoms with Gasteiger partial charge in [0.15, 0.2) is 0 Å². The Balaban J connectivity index is 1.66. The highest BCUT2D eigenvalue weighted by Crippen LogP contribution is 2.17. The summed E-state index contributed by atoms with van der Waals surface area (Å²) in [7, 11) is 0. The summed E-state index contributed by atoms with van der Waals surface area (Å²) >= 11 is 1.63. The lowest BCUT2D eigenvalue weighted by Crippen LogP contribution is -2.43. The van der Waals surface area contributed by atoms with Crippen LogP contribution in [-0.2, 0) is 16.0 Å². The van der Waals surface area contributed by atoms with Crippen molar-refractivity contribution in [3.63, 3.8) is 0 Å². The zero-order valence-electron chi connectivity index (χ0n) is 12.3. The van der Waals surface area contributed by atoms with Crippen molar-refractivity contribution in [2.45, 2.75) is 26.2 Å². The summed E-state index contributed by atoms with van der Waals surface area (Å²) in [6, 6.07) is 0. The Bertz CT molecular complexity index is 495. The van der Waals surface area contributed by atoms with E-state index in [4.69, 9.17) is 5.73 Å². The van der Waals surface area contributed by atoms with E-state index < -0.39 is 0 Å². The molecule has 1 aliphatic heterocycles. The smallest absolute Gasteiger partial charge is 0.231 e. The van der Waals surface area contributed by atoms with Crippen molar-refractivity contribution in [2.75, 3.05) is 26.2 Å². The number of likely N-dealkylation sites (tertiary alicyclic amines) is 1. The molecule has 6 nitrogen and oxygen atoms in total. The van der Waals surface area contributed by atoms with Gasteiger partial charge in [-0.25, -0.2) is 4.98 Å². The van der Waals surface area contributed by atoms with E-state index in [1.807, 2.05) is 17.2 Å². The van der Waals surface area contributed by atoms with Crippen LogP contribution in [0.1, 0.15) is 23.5 Å². The first-order chi connectivity index (χ1) is 10.0. The molecule has 7 heteroatoms. The minimum atomic E-state index is -0.309. The van der Waals surface area contributed by atoms with E-state index in [-0.39, 0.29) is 24.3 Å². The molecule has 2 heterocycles. The molecular weight excluding hydrogens is 288 g/mol. The molecule has 116 valence electrons. The molecule has 1 aromatic heterocycles. The Hall–Kier alpha value is -1.47. The Morgan fingerprint density at radius 3 is 2.76 bits per heavy atom. The first-order valence-corrected chi connectivity index (χ1v) is 8.12. The second-order valence-electron chi connectivity index (χ2n) is 5.44. The van der Waals surface area contributed by atoms with Crippen LogP contribution in [0.25, 0.3) is 0 Å². The molecule has 0 saturated carbocycles. The van der Waals surface area contributed by atoms with Crippen LogP contribution in [0.4, 0.5) is 0 Å². The molecule has 0 radical (unpaired) electrons. The number of nitrogens with two attached hydrogens (primary N) is 1. The van der Waals surface area contributed by atoms with E-state index in [1.165, 1.54) is 0 Å². The number of carbonyl (C=O) groups is 2. The van der Waals surface area contributed by atoms with Crippen LogP contribution in [0.5, 0.6) is 0 Å². The Kier molecular flexibility index (Phi) is 5.69. The van der Waals surface area contributed by atoms with Crippen LogP contribution in [0.3, 0.4) is 0 Å². The molecule has 0 aromatic carbocycles. The summed E-state index contributed by atoms with van der Waals surface area (Å²) in [5.41, 5.74) is 6.21. The van der Waals surface area contributed by atoms with Gasteiger partial charge in [0.1, 0.15) is 0 Å². The lowest BCUT2D eigenvalue weighted by Gasteiger charge is -2.30. The maximum absolute atomic E-state index is 12.1. The number of hydrogen-bond donors (Lipinski definition) is 2. The van der Waals surface area contributed by atoms with E-state index >= 15 is 0 Å². The fourth-order valence-electron chi connectivity index (χ4n) is 2.53. The number of nitrogens with one attached hydrogen (secondary N) is 1. The summed E-state index contributed by atoms with van der Waals surface area (Å²) in [4.78, 5) is 29.3. The largest absolute Gasteiger partial charge is 0.369 e. The first-order valence-electron chi connectivity index (χ1n) is 7.24. The molecule has 0 unspecified atom stereocenters. The van der Waals surface area contributed by atoms with Gasteiger partial charge in [0.25, 0.3) is 0 Å². The molecule has 1 fully saturated rings. The maximum Gasteiger partial charge on any atom is 0.231 e. The third-order valence-corrected chi connectivity index (χ3v) is 4.67. The quantitative estimate of drug-likeness (QED) is 0.791. The van der Waals surface area contributed by atoms with Gasteiger partial charge in [-0.3, -0.25) is 14.5 Å². The van der Waals surface area contributed by atoms with E-state index in [0.717, 1.165) is 43.1 Å². The van der Waals surface area contributed by atoms with Crippen LogP contribution in [0.2, 0.25) is 0 Å². The predicted molar refractivity (Wildman–Crippen MR) is 81.9 cm³/mol. The van der Waals surface area contributed by atoms with Crippen molar-refractivity contribution in [3.8, 4) is 0 Å². The minimum absolute atomic E-state index is 0.0483. The summed E-state index contributed by atoms with van der Waals surface area (Å²) in [5.74, 6) is -0.147. The maximum atomic E-state index is 12.1. The average molecular weight is 310 g/mol. The Morgan fingerprint density at radius 2 is 2.19 bits per heavy atom. The first kappa shape index (κ1) is 15.9. The predicted octanol–water partition coefficient (Wildman–Crippen LogP) is 0.308. The fraction of sp³-hybridized carbons (Fsp3) is 0.643. The van der Waals surface area contributed by atoms with Gasteiger partial charge < -0.3 is 11.1 Å². The number of aromatic nitrogens is 1. The van der Waals surface area contributed by atoms with Crippen molar-refractivity contribution in [1.29, 1.82) is 0 Å². The molecule has 3 N–H and O–H groups in total. The van der Waals surface area contributed by atoms with Crippen molar-refractivity contribution in [2.24, 2.45) is 11.7 Å². The van der Waals surface area contributed by atoms with Gasteiger partial charge >= 0.3 is 0 Å². The summed E-state index contributed by atoms with van der Waals surface area (Å²) in [6.45, 7) is 4.41. The van der Waals surface area contributed by atoms with Crippen LogP contribution >= 0.6 is 11.3 Å². The zero-order valence-corrected chi connectivity index (χ0v) is 13.1. The van der Waals surface area contributed by atoms with E-state index in [1.54, 1.807) is 11.3 Å². The molecule has 0 atom stereocenters. The van der Waals surface area contributed by atoms with Gasteiger partial charge in [-0.1, -0.05) is 0 Å². The second kappa shape index (κ2) is 7.51. The number of rotatable bonds is 6. The third-order valence-electron chi connectivity index (χ3n) is 3.64. The summed E-state index contributed by atoms with van der Waals surface area (Å²) < 4.78 is 0. The zero-order chi connectivity index (χ0) is 15.2. The molecule has 1 aliphatic rings. The molecule has 1 aromatic rings. The van der Waals surface area contributed by atoms with Crippen LogP contribution in [0.15, 0.2) is 5.38 Å². The SMILES string of the molecule is Cc1csc(CCNC(=O)C2CCN(CC(N)=O)CC2)n1. The minimum Gasteiger partial charge on any atom is -0.369 e. The van der Waals surface area contributed by atoms with Crippen LogP contribution in [0, 0.1) is 12.8 Å². The normalized spacial score (nSPS) is 16.8. The highest BCUT2D eigenvalue weighted by Gasteiger charge is 2.25. The second-order valence-corrected chi connectivity index (χ2v) is 6.38. The molecule has 1 saturated heterocycles. The van der Waals surface area contributed by atoms with E-state index in [2.05, 4.69) is 10.3 Å². The summed E-state index contributed by atoms with van der Waals surface area (Å²) in [5, 5.41) is 6.06. The molecule has 0 bridgehead atoms. The van der Waals surface area contributed by atoms with E-state index in [9.17, 15) is 9.59 Å². The van der Waals surface area contributed by atoms with Crippen molar-refractivity contribution >= 4 is 23.2 Å². The van der Waals surface area contributed by atoms with Gasteiger partial charge in [-0.15, -0.1) is 11.3 Å². The molecule has 2 rings (SSSR count). The van der Waals surface area contributed by atoms with Gasteiger partial charge in [-0.05, 0) is 32.9 Å². The number of thiazole rings is 1. The molecule has 0 aliphatic carbocycles. The number of primary amides is 1. The number of carbonyl (C=O) groups excluding carboxylic acids is 2. The third kappa shape index (κ3) is 5.09. The van der Waals surface area contributed by atoms with Gasteiger partial charge in [-0.2, -0.15) is 0 Å². The number of nitrogens with zero attached hydrogens (tertiary/aromatic N) is 2. The van der Waals surface area contributed by atoms with Gasteiger partial charge in [0, 0.05) is 30.0 Å². The molecule has 0 spiro atoms. The van der Waals surface area contributed by atoms with E-state index in [0.29, 0.717) is 6.54 Å². The van der Waals surface area contributed by atoms with Crippen molar-refractivity contribution in [1.82, 2.24) is 15.2 Å². The molecular formula is C14H22N4O2S. The highest BCUT2D eigenvalue weighted by molar-refractivity contribution is 7.09. The lowest BCUT2D eigenvalue weighted by atomic mass is 9.96. The fourth-order valence-corrected chi connectivity index (χ4v) is 3.30. The number of aryl methyl sites for hydroxylation is 1. The molecule has 21 heavy (non-hydrogen) atoms. The van der Waals surface area contributed by atoms with Crippen LogP contribution < -0.4 is 11.1 Å². The summed E-state index contributed by atoms with van der Waals surface area (Å²) in [6.07, 6.45) is 2.36. The van der Waals surface area contributed by atoms with Gasteiger partial charge in [0.05, 0.1) is 11.6 Å². The van der Waals surface area contributed by atoms with Gasteiger partial charge in [0.2, 0.25) is 11.8 Å². The lowest BCUT2D eigenvalue weighted by molar-refractivity contribution is -0.126. The van der Waals surface area contributed by atoms with Crippen LogP contribution in [-0.4, -0.2) is 47.9 Å². The Labute approximate surface area is 128 Å². The topological polar surface area (TPSA) is 88.3 Å². The monoisotopic (exact) mass is 310 g/mol. The van der Waals surface area contributed by atoms with Crippen molar-refractivity contribution < 1.29 is 9.59 Å². The number of amides is 2. The Morgan fingerprint density at radius 1 is 1.48 bits per heavy atom.